The summed E-state index contributed by atoms with van der Waals surface area (Å²) in [5.74, 6) is 0.851. The Balaban J connectivity index is 1.47. The van der Waals surface area contributed by atoms with Gasteiger partial charge in [0.2, 0.25) is 0 Å². The van der Waals surface area contributed by atoms with Crippen molar-refractivity contribution in [3.8, 4) is 0 Å². The summed E-state index contributed by atoms with van der Waals surface area (Å²) < 4.78 is 0. The maximum Gasteiger partial charge on any atom is 0.257 e. The van der Waals surface area contributed by atoms with Gasteiger partial charge >= 0.3 is 0 Å². The molecule has 3 aliphatic heterocycles. The van der Waals surface area contributed by atoms with Crippen LogP contribution in [0.2, 0.25) is 0 Å². The Bertz CT molecular complexity index is 961. The molecule has 1 aromatic rings. The molecule has 7 heteroatoms. The van der Waals surface area contributed by atoms with Crippen LogP contribution in [-0.2, 0) is 4.79 Å². The lowest BCUT2D eigenvalue weighted by molar-refractivity contribution is -0.124. The molecule has 2 atom stereocenters. The molecule has 4 heterocycles. The van der Waals surface area contributed by atoms with Crippen molar-refractivity contribution < 1.29 is 4.79 Å². The Labute approximate surface area is 191 Å². The fourth-order valence-electron chi connectivity index (χ4n) is 4.83. The molecule has 0 bridgehead atoms. The second-order valence-electron chi connectivity index (χ2n) is 10.0. The molecule has 4 rings (SSSR count). The predicted octanol–water partition coefficient (Wildman–Crippen LogP) is 2.75. The first-order valence-corrected chi connectivity index (χ1v) is 11.6. The molecule has 0 aliphatic carbocycles. The summed E-state index contributed by atoms with van der Waals surface area (Å²) in [6.07, 6.45) is 6.13. The van der Waals surface area contributed by atoms with E-state index < -0.39 is 0 Å². The number of hydrogen-bond donors (Lipinski definition) is 1. The van der Waals surface area contributed by atoms with Crippen LogP contribution in [0.5, 0.6) is 0 Å². The third kappa shape index (κ3) is 4.18. The van der Waals surface area contributed by atoms with Gasteiger partial charge in [-0.2, -0.15) is 0 Å². The van der Waals surface area contributed by atoms with Crippen LogP contribution in [0.25, 0.3) is 5.57 Å². The summed E-state index contributed by atoms with van der Waals surface area (Å²) in [4.78, 5) is 29.1. The topological polar surface area (TPSA) is 78.1 Å². The monoisotopic (exact) mass is 436 g/mol. The first-order chi connectivity index (χ1) is 15.2. The van der Waals surface area contributed by atoms with Gasteiger partial charge in [0.05, 0.1) is 35.4 Å². The van der Waals surface area contributed by atoms with Gasteiger partial charge in [-0.25, -0.2) is 0 Å². The molecule has 1 saturated heterocycles. The normalized spacial score (nSPS) is 26.3. The van der Waals surface area contributed by atoms with Gasteiger partial charge in [0.25, 0.3) is 5.91 Å². The van der Waals surface area contributed by atoms with Crippen LogP contribution in [0.3, 0.4) is 0 Å². The fourth-order valence-corrected chi connectivity index (χ4v) is 4.83. The Morgan fingerprint density at radius 2 is 2.00 bits per heavy atom. The van der Waals surface area contributed by atoms with E-state index in [2.05, 4.69) is 54.5 Å². The molecule has 0 spiro atoms. The number of rotatable bonds is 3. The minimum atomic E-state index is -0.0819. The number of nitrogens with zero attached hydrogens (tertiary/aromatic N) is 5. The van der Waals surface area contributed by atoms with Crippen molar-refractivity contribution in [1.82, 2.24) is 14.8 Å². The lowest BCUT2D eigenvalue weighted by Gasteiger charge is -2.46. The standard InChI is InChI=1S/C25H36N6O/c1-17-13-27-23-15-30(9-8-20(23)18(17)2)24(32)21(12-26)22-7-6-19(14-28-22)31-11-10-29(5)25(3,4)16-31/h6-7,12-14,17-18H,8-11,15-16,26H2,1-5H3/b21-12+/t17?,18-/m0/s1. The van der Waals surface area contributed by atoms with Crippen molar-refractivity contribution in [1.29, 1.82) is 0 Å². The van der Waals surface area contributed by atoms with E-state index in [4.69, 9.17) is 5.73 Å². The highest BCUT2D eigenvalue weighted by molar-refractivity contribution is 6.18. The van der Waals surface area contributed by atoms with Crippen molar-refractivity contribution in [3.63, 3.8) is 0 Å². The second kappa shape index (κ2) is 8.70. The molecule has 3 aliphatic rings. The Morgan fingerprint density at radius 1 is 1.22 bits per heavy atom. The Morgan fingerprint density at radius 3 is 2.66 bits per heavy atom. The number of amides is 1. The molecule has 32 heavy (non-hydrogen) atoms. The van der Waals surface area contributed by atoms with Gasteiger partial charge in [-0.1, -0.05) is 13.8 Å². The summed E-state index contributed by atoms with van der Waals surface area (Å²) in [7, 11) is 2.17. The highest BCUT2D eigenvalue weighted by atomic mass is 16.2. The molecule has 0 radical (unpaired) electrons. The first kappa shape index (κ1) is 22.5. The third-order valence-electron chi connectivity index (χ3n) is 7.56. The molecule has 7 nitrogen and oxygen atoms in total. The van der Waals surface area contributed by atoms with E-state index in [1.807, 2.05) is 29.4 Å². The molecule has 0 aromatic carbocycles. The number of pyridine rings is 1. The number of carbonyl (C=O) groups is 1. The van der Waals surface area contributed by atoms with E-state index >= 15 is 0 Å². The van der Waals surface area contributed by atoms with Crippen molar-refractivity contribution >= 4 is 23.4 Å². The molecular formula is C25H36N6O. The zero-order valence-electron chi connectivity index (χ0n) is 20.0. The first-order valence-electron chi connectivity index (χ1n) is 11.6. The van der Waals surface area contributed by atoms with Gasteiger partial charge in [-0.15, -0.1) is 0 Å². The number of carbonyl (C=O) groups excluding carboxylic acids is 1. The van der Waals surface area contributed by atoms with Crippen LogP contribution < -0.4 is 10.6 Å². The Hall–Kier alpha value is -2.67. The number of aliphatic imine (C=N–C) groups is 1. The molecule has 2 N–H and O–H groups in total. The van der Waals surface area contributed by atoms with Crippen LogP contribution in [0.1, 0.15) is 39.8 Å². The lowest BCUT2D eigenvalue weighted by Crippen LogP contribution is -2.57. The maximum absolute atomic E-state index is 13.3. The summed E-state index contributed by atoms with van der Waals surface area (Å²) in [5, 5.41) is 0. The zero-order valence-corrected chi connectivity index (χ0v) is 20.0. The van der Waals surface area contributed by atoms with Crippen LogP contribution in [-0.4, -0.2) is 72.2 Å². The fraction of sp³-hybridized carbons (Fsp3) is 0.560. The van der Waals surface area contributed by atoms with Crippen LogP contribution >= 0.6 is 0 Å². The molecule has 1 fully saturated rings. The highest BCUT2D eigenvalue weighted by Gasteiger charge is 2.32. The largest absolute Gasteiger partial charge is 0.404 e. The SMILES string of the molecule is CC1C=NC2=C(CCN(C(=O)/C(=C/N)c3ccc(N4CCN(C)C(C)(C)C4)cn3)C2)[C@H]1C. The number of aromatic nitrogens is 1. The number of nitrogens with two attached hydrogens (primary N) is 1. The van der Waals surface area contributed by atoms with Crippen molar-refractivity contribution in [2.45, 2.75) is 39.7 Å². The second-order valence-corrected chi connectivity index (χ2v) is 10.0. The van der Waals surface area contributed by atoms with Crippen molar-refractivity contribution in [2.75, 3.05) is 44.7 Å². The summed E-state index contributed by atoms with van der Waals surface area (Å²) >= 11 is 0. The van der Waals surface area contributed by atoms with Gasteiger partial charge in [0, 0.05) is 44.1 Å². The quantitative estimate of drug-likeness (QED) is 0.737. The van der Waals surface area contributed by atoms with E-state index in [0.29, 0.717) is 36.2 Å². The Kier molecular flexibility index (Phi) is 6.12. The summed E-state index contributed by atoms with van der Waals surface area (Å²) in [5.41, 5.74) is 10.6. The van der Waals surface area contributed by atoms with E-state index in [1.54, 1.807) is 0 Å². The molecular weight excluding hydrogens is 400 g/mol. The summed E-state index contributed by atoms with van der Waals surface area (Å²) in [6, 6.07) is 3.96. The van der Waals surface area contributed by atoms with E-state index in [9.17, 15) is 4.79 Å². The van der Waals surface area contributed by atoms with Crippen molar-refractivity contribution in [3.05, 3.63) is 41.5 Å². The predicted molar refractivity (Wildman–Crippen MR) is 130 cm³/mol. The van der Waals surface area contributed by atoms with Crippen LogP contribution in [0.15, 0.2) is 40.8 Å². The smallest absolute Gasteiger partial charge is 0.257 e. The van der Waals surface area contributed by atoms with E-state index in [0.717, 1.165) is 37.4 Å². The molecule has 1 amide bonds. The number of piperazine rings is 1. The minimum Gasteiger partial charge on any atom is -0.404 e. The van der Waals surface area contributed by atoms with Gasteiger partial charge in [-0.05, 0) is 56.9 Å². The van der Waals surface area contributed by atoms with Gasteiger partial charge < -0.3 is 15.5 Å². The van der Waals surface area contributed by atoms with E-state index in [1.165, 1.54) is 11.8 Å². The average molecular weight is 437 g/mol. The zero-order chi connectivity index (χ0) is 23.0. The molecule has 1 aromatic heterocycles. The average Bonchev–Trinajstić information content (AvgIpc) is 2.79. The van der Waals surface area contributed by atoms with E-state index in [-0.39, 0.29) is 11.4 Å². The number of likely N-dealkylation sites (N-methyl/N-ethyl adjacent to an activating group) is 1. The highest BCUT2D eigenvalue weighted by Crippen LogP contribution is 2.34. The van der Waals surface area contributed by atoms with Gasteiger partial charge in [-0.3, -0.25) is 19.7 Å². The number of hydrogen-bond acceptors (Lipinski definition) is 6. The van der Waals surface area contributed by atoms with Crippen LogP contribution in [0.4, 0.5) is 5.69 Å². The molecule has 172 valence electrons. The molecule has 1 unspecified atom stereocenters. The minimum absolute atomic E-state index is 0.0819. The maximum atomic E-state index is 13.3. The lowest BCUT2D eigenvalue weighted by atomic mass is 9.83. The summed E-state index contributed by atoms with van der Waals surface area (Å²) in [6.45, 7) is 13.1. The van der Waals surface area contributed by atoms with Crippen molar-refractivity contribution in [2.24, 2.45) is 22.6 Å². The third-order valence-corrected chi connectivity index (χ3v) is 7.56. The van der Waals surface area contributed by atoms with Gasteiger partial charge in [0.1, 0.15) is 0 Å². The van der Waals surface area contributed by atoms with Gasteiger partial charge in [0.15, 0.2) is 0 Å². The van der Waals surface area contributed by atoms with Crippen LogP contribution in [0, 0.1) is 11.8 Å². The number of anilines is 1. The molecule has 0 saturated carbocycles.